The Morgan fingerprint density at radius 2 is 1.80 bits per heavy atom. The van der Waals surface area contributed by atoms with Gasteiger partial charge in [-0.1, -0.05) is 12.2 Å². The first kappa shape index (κ1) is 18.4. The average Bonchev–Trinajstić information content (AvgIpc) is 2.31. The van der Waals surface area contributed by atoms with Gasteiger partial charge in [-0.25, -0.2) is 9.59 Å². The van der Waals surface area contributed by atoms with E-state index in [0.717, 1.165) is 0 Å². The molecule has 1 amide bonds. The van der Waals surface area contributed by atoms with Crippen LogP contribution in [0.4, 0.5) is 4.79 Å². The first-order valence-electron chi connectivity index (χ1n) is 6.50. The van der Waals surface area contributed by atoms with Crippen LogP contribution in [0.2, 0.25) is 0 Å². The third-order valence-electron chi connectivity index (χ3n) is 2.40. The fourth-order valence-corrected chi connectivity index (χ4v) is 1.45. The molecule has 6 nitrogen and oxygen atoms in total. The number of rotatable bonds is 6. The first-order chi connectivity index (χ1) is 9.14. The summed E-state index contributed by atoms with van der Waals surface area (Å²) in [6, 6.07) is 0. The summed E-state index contributed by atoms with van der Waals surface area (Å²) in [5.41, 5.74) is -1.85. The summed E-state index contributed by atoms with van der Waals surface area (Å²) in [4.78, 5) is 23.6. The molecule has 0 aromatic carbocycles. The molecule has 116 valence electrons. The Hall–Kier alpha value is -1.56. The molecule has 0 aliphatic carbocycles. The number of amides is 1. The van der Waals surface area contributed by atoms with Crippen molar-refractivity contribution < 1.29 is 24.2 Å². The van der Waals surface area contributed by atoms with Crippen molar-refractivity contribution in [2.45, 2.75) is 51.7 Å². The molecule has 1 atom stereocenters. The predicted octanol–water partition coefficient (Wildman–Crippen LogP) is 1.77. The van der Waals surface area contributed by atoms with E-state index in [0.29, 0.717) is 6.42 Å². The number of nitrogens with one attached hydrogen (secondary N) is 1. The lowest BCUT2D eigenvalue weighted by Gasteiger charge is -2.28. The Labute approximate surface area is 120 Å². The number of hydrogen-bond donors (Lipinski definition) is 2. The summed E-state index contributed by atoms with van der Waals surface area (Å²) < 4.78 is 9.84. The highest BCUT2D eigenvalue weighted by atomic mass is 16.6. The van der Waals surface area contributed by atoms with Gasteiger partial charge in [0.25, 0.3) is 0 Å². The van der Waals surface area contributed by atoms with Gasteiger partial charge in [-0.15, -0.1) is 0 Å². The van der Waals surface area contributed by atoms with E-state index in [1.165, 1.54) is 7.11 Å². The van der Waals surface area contributed by atoms with Crippen molar-refractivity contribution in [3.8, 4) is 0 Å². The second kappa shape index (κ2) is 7.89. The van der Waals surface area contributed by atoms with Crippen LogP contribution in [0.1, 0.15) is 40.5 Å². The summed E-state index contributed by atoms with van der Waals surface area (Å²) >= 11 is 0. The van der Waals surface area contributed by atoms with Crippen LogP contribution in [0.15, 0.2) is 12.2 Å². The van der Waals surface area contributed by atoms with Gasteiger partial charge in [-0.3, -0.25) is 0 Å². The van der Waals surface area contributed by atoms with Crippen LogP contribution in [0.3, 0.4) is 0 Å². The van der Waals surface area contributed by atoms with Crippen LogP contribution in [0.5, 0.6) is 0 Å². The quantitative estimate of drug-likeness (QED) is 0.574. The third kappa shape index (κ3) is 7.13. The van der Waals surface area contributed by atoms with E-state index in [1.807, 2.05) is 0 Å². The van der Waals surface area contributed by atoms with Crippen LogP contribution in [-0.4, -0.2) is 42.0 Å². The number of aliphatic hydroxyl groups is 1. The third-order valence-corrected chi connectivity index (χ3v) is 2.40. The van der Waals surface area contributed by atoms with Crippen LogP contribution in [0.25, 0.3) is 0 Å². The molecule has 0 heterocycles. The Kier molecular flexibility index (Phi) is 7.28. The molecular formula is C14H25NO5. The largest absolute Gasteiger partial charge is 0.467 e. The minimum atomic E-state index is -1.21. The SMILES string of the molecule is COC(=O)C(C)(C/C=C\CCO)NC(=O)OC(C)(C)C. The average molecular weight is 287 g/mol. The number of aliphatic hydroxyl groups excluding tert-OH is 1. The molecule has 0 aliphatic heterocycles. The highest BCUT2D eigenvalue weighted by Gasteiger charge is 2.36. The predicted molar refractivity (Wildman–Crippen MR) is 75.3 cm³/mol. The van der Waals surface area contributed by atoms with Crippen molar-refractivity contribution in [1.29, 1.82) is 0 Å². The molecule has 0 aliphatic rings. The van der Waals surface area contributed by atoms with Gasteiger partial charge in [0.2, 0.25) is 0 Å². The molecule has 0 aromatic heterocycles. The summed E-state index contributed by atoms with van der Waals surface area (Å²) in [7, 11) is 1.26. The Bertz CT molecular complexity index is 359. The lowest BCUT2D eigenvalue weighted by molar-refractivity contribution is -0.147. The second-order valence-corrected chi connectivity index (χ2v) is 5.64. The van der Waals surface area contributed by atoms with Gasteiger partial charge in [0.1, 0.15) is 11.1 Å². The van der Waals surface area contributed by atoms with Crippen LogP contribution >= 0.6 is 0 Å². The monoisotopic (exact) mass is 287 g/mol. The summed E-state index contributed by atoms with van der Waals surface area (Å²) in [6.45, 7) is 6.81. The number of carbonyl (C=O) groups is 2. The van der Waals surface area contributed by atoms with E-state index in [1.54, 1.807) is 39.8 Å². The number of alkyl carbamates (subject to hydrolysis) is 1. The van der Waals surface area contributed by atoms with Crippen molar-refractivity contribution in [2.24, 2.45) is 0 Å². The van der Waals surface area contributed by atoms with Gasteiger partial charge >= 0.3 is 12.1 Å². The maximum absolute atomic E-state index is 11.8. The van der Waals surface area contributed by atoms with Crippen LogP contribution in [-0.2, 0) is 14.3 Å². The van der Waals surface area contributed by atoms with E-state index in [-0.39, 0.29) is 13.0 Å². The molecule has 2 N–H and O–H groups in total. The summed E-state index contributed by atoms with van der Waals surface area (Å²) in [6.07, 6.45) is 3.51. The second-order valence-electron chi connectivity index (χ2n) is 5.64. The van der Waals surface area contributed by atoms with E-state index >= 15 is 0 Å². The van der Waals surface area contributed by atoms with Crippen molar-refractivity contribution in [3.63, 3.8) is 0 Å². The van der Waals surface area contributed by atoms with E-state index in [2.05, 4.69) is 5.32 Å². The first-order valence-corrected chi connectivity index (χ1v) is 6.50. The molecule has 6 heteroatoms. The Balaban J connectivity index is 4.78. The molecule has 0 aromatic rings. The molecule has 20 heavy (non-hydrogen) atoms. The Morgan fingerprint density at radius 1 is 1.20 bits per heavy atom. The van der Waals surface area contributed by atoms with Gasteiger partial charge in [-0.05, 0) is 40.5 Å². The lowest BCUT2D eigenvalue weighted by atomic mass is 9.97. The van der Waals surface area contributed by atoms with E-state index in [4.69, 9.17) is 14.6 Å². The number of hydrogen-bond acceptors (Lipinski definition) is 5. The molecule has 0 saturated heterocycles. The fourth-order valence-electron chi connectivity index (χ4n) is 1.45. The Morgan fingerprint density at radius 3 is 2.25 bits per heavy atom. The van der Waals surface area contributed by atoms with Gasteiger partial charge in [0, 0.05) is 6.61 Å². The van der Waals surface area contributed by atoms with Gasteiger partial charge in [0.15, 0.2) is 0 Å². The molecule has 1 unspecified atom stereocenters. The normalized spacial score (nSPS) is 14.7. The van der Waals surface area contributed by atoms with E-state index in [9.17, 15) is 9.59 Å². The lowest BCUT2D eigenvalue weighted by Crippen LogP contribution is -2.53. The van der Waals surface area contributed by atoms with Crippen LogP contribution in [0, 0.1) is 0 Å². The zero-order chi connectivity index (χ0) is 15.8. The highest BCUT2D eigenvalue weighted by Crippen LogP contribution is 2.15. The molecule has 0 saturated carbocycles. The molecule has 0 rings (SSSR count). The number of ether oxygens (including phenoxy) is 2. The highest BCUT2D eigenvalue weighted by molar-refractivity contribution is 5.85. The maximum Gasteiger partial charge on any atom is 0.408 e. The zero-order valence-electron chi connectivity index (χ0n) is 12.9. The van der Waals surface area contributed by atoms with Crippen LogP contribution < -0.4 is 5.32 Å². The maximum atomic E-state index is 11.8. The number of methoxy groups -OCH3 is 1. The summed E-state index contributed by atoms with van der Waals surface area (Å²) in [5.74, 6) is -0.558. The zero-order valence-corrected chi connectivity index (χ0v) is 12.9. The molecule has 0 bridgehead atoms. The standard InChI is InChI=1S/C14H25NO5/c1-13(2,3)20-12(18)15-14(4,11(17)19-5)9-7-6-8-10-16/h6-7,16H,8-10H2,1-5H3,(H,15,18)/b7-6-. The molecule has 0 fully saturated rings. The minimum Gasteiger partial charge on any atom is -0.467 e. The van der Waals surface area contributed by atoms with Gasteiger partial charge in [-0.2, -0.15) is 0 Å². The smallest absolute Gasteiger partial charge is 0.408 e. The van der Waals surface area contributed by atoms with E-state index < -0.39 is 23.2 Å². The minimum absolute atomic E-state index is 0.0327. The van der Waals surface area contributed by atoms with Gasteiger partial charge < -0.3 is 19.9 Å². The number of carbonyl (C=O) groups excluding carboxylic acids is 2. The van der Waals surface area contributed by atoms with Crippen molar-refractivity contribution in [1.82, 2.24) is 5.32 Å². The molecule has 0 radical (unpaired) electrons. The van der Waals surface area contributed by atoms with Crippen molar-refractivity contribution in [3.05, 3.63) is 12.2 Å². The summed E-state index contributed by atoms with van der Waals surface area (Å²) in [5, 5.41) is 11.2. The topological polar surface area (TPSA) is 84.9 Å². The van der Waals surface area contributed by atoms with Crippen molar-refractivity contribution >= 4 is 12.1 Å². The molecular weight excluding hydrogens is 262 g/mol. The van der Waals surface area contributed by atoms with Gasteiger partial charge in [0.05, 0.1) is 7.11 Å². The number of esters is 1. The van der Waals surface area contributed by atoms with Crippen molar-refractivity contribution in [2.75, 3.05) is 13.7 Å². The fraction of sp³-hybridized carbons (Fsp3) is 0.714. The molecule has 0 spiro atoms.